The van der Waals surface area contributed by atoms with Gasteiger partial charge in [-0.05, 0) is 24.4 Å². The van der Waals surface area contributed by atoms with Crippen LogP contribution in [0.4, 0.5) is 5.69 Å². The molecule has 21 heavy (non-hydrogen) atoms. The number of anilines is 1. The summed E-state index contributed by atoms with van der Waals surface area (Å²) in [6.07, 6.45) is 0. The van der Waals surface area contributed by atoms with E-state index in [-0.39, 0.29) is 0 Å². The molecule has 2 heterocycles. The Balaban J connectivity index is 1.51. The first-order valence-corrected chi connectivity index (χ1v) is 8.81. The fourth-order valence-electron chi connectivity index (χ4n) is 2.62. The minimum atomic E-state index is 0.844. The van der Waals surface area contributed by atoms with Crippen molar-refractivity contribution in [3.63, 3.8) is 0 Å². The van der Waals surface area contributed by atoms with Crippen LogP contribution in [0.2, 0.25) is 0 Å². The maximum Gasteiger partial charge on any atom is 0.173 e. The third-order valence-corrected chi connectivity index (χ3v) is 5.19. The maximum absolute atomic E-state index is 5.58. The van der Waals surface area contributed by atoms with Gasteiger partial charge in [0, 0.05) is 43.4 Å². The molecule has 114 valence electrons. The minimum Gasteiger partial charge on any atom is -0.379 e. The van der Waals surface area contributed by atoms with Crippen molar-refractivity contribution < 1.29 is 4.74 Å². The summed E-state index contributed by atoms with van der Waals surface area (Å²) in [6, 6.07) is 8.48. The number of para-hydroxylation sites is 1. The fourth-order valence-corrected chi connectivity index (χ4v) is 3.91. The predicted molar refractivity (Wildman–Crippen MR) is 92.4 cm³/mol. The van der Waals surface area contributed by atoms with Crippen molar-refractivity contribution >= 4 is 34.8 Å². The van der Waals surface area contributed by atoms with Crippen LogP contribution >= 0.6 is 24.0 Å². The van der Waals surface area contributed by atoms with E-state index in [1.165, 1.54) is 10.6 Å². The molecule has 1 aromatic carbocycles. The van der Waals surface area contributed by atoms with Crippen LogP contribution < -0.4 is 10.2 Å². The van der Waals surface area contributed by atoms with Crippen molar-refractivity contribution in [3.8, 4) is 0 Å². The van der Waals surface area contributed by atoms with E-state index in [4.69, 9.17) is 17.0 Å². The summed E-state index contributed by atoms with van der Waals surface area (Å²) in [7, 11) is 0. The highest BCUT2D eigenvalue weighted by molar-refractivity contribution is 7.99. The molecule has 1 aromatic rings. The van der Waals surface area contributed by atoms with Gasteiger partial charge in [-0.2, -0.15) is 0 Å². The number of morpholine rings is 1. The second-order valence-corrected chi connectivity index (χ2v) is 6.68. The Morgan fingerprint density at radius 2 is 2.05 bits per heavy atom. The largest absolute Gasteiger partial charge is 0.379 e. The van der Waals surface area contributed by atoms with Gasteiger partial charge in [-0.1, -0.05) is 12.1 Å². The quantitative estimate of drug-likeness (QED) is 0.853. The average molecular weight is 323 g/mol. The number of nitrogens with one attached hydrogen (secondary N) is 1. The molecule has 0 radical (unpaired) electrons. The Hall–Kier alpha value is -0.820. The number of nitrogens with zero attached hydrogens (tertiary/aromatic N) is 2. The van der Waals surface area contributed by atoms with Crippen LogP contribution in [0, 0.1) is 0 Å². The van der Waals surface area contributed by atoms with E-state index in [0.29, 0.717) is 0 Å². The molecular weight excluding hydrogens is 302 g/mol. The monoisotopic (exact) mass is 323 g/mol. The normalized spacial score (nSPS) is 19.1. The first-order valence-electron chi connectivity index (χ1n) is 7.42. The first kappa shape index (κ1) is 15.1. The van der Waals surface area contributed by atoms with Gasteiger partial charge in [0.1, 0.15) is 0 Å². The van der Waals surface area contributed by atoms with Gasteiger partial charge in [0.2, 0.25) is 0 Å². The molecule has 0 amide bonds. The predicted octanol–water partition coefficient (Wildman–Crippen LogP) is 1.81. The molecule has 2 aliphatic rings. The Labute approximate surface area is 135 Å². The Bertz CT molecular complexity index is 492. The molecule has 1 fully saturated rings. The van der Waals surface area contributed by atoms with Gasteiger partial charge >= 0.3 is 0 Å². The first-order chi connectivity index (χ1) is 10.3. The highest BCUT2D eigenvalue weighted by atomic mass is 32.2. The lowest BCUT2D eigenvalue weighted by molar-refractivity contribution is 0.0389. The number of hydrogen-bond donors (Lipinski definition) is 1. The van der Waals surface area contributed by atoms with Crippen molar-refractivity contribution in [2.75, 3.05) is 56.6 Å². The number of fused-ring (bicyclic) bond motifs is 1. The highest BCUT2D eigenvalue weighted by Gasteiger charge is 2.20. The third-order valence-electron chi connectivity index (χ3n) is 3.78. The molecule has 0 spiro atoms. The lowest BCUT2D eigenvalue weighted by atomic mass is 10.3. The molecule has 0 bridgehead atoms. The SMILES string of the molecule is S=C(NCCN1CCOCC1)N1CCSc2ccccc21. The van der Waals surface area contributed by atoms with Crippen LogP contribution in [0.3, 0.4) is 0 Å². The maximum atomic E-state index is 5.58. The van der Waals surface area contributed by atoms with E-state index >= 15 is 0 Å². The summed E-state index contributed by atoms with van der Waals surface area (Å²) >= 11 is 7.48. The summed E-state index contributed by atoms with van der Waals surface area (Å²) in [5, 5.41) is 4.25. The second kappa shape index (κ2) is 7.45. The molecule has 0 atom stereocenters. The zero-order chi connectivity index (χ0) is 14.5. The number of benzene rings is 1. The summed E-state index contributed by atoms with van der Waals surface area (Å²) in [4.78, 5) is 5.96. The van der Waals surface area contributed by atoms with Crippen molar-refractivity contribution in [2.45, 2.75) is 4.90 Å². The van der Waals surface area contributed by atoms with Crippen molar-refractivity contribution in [3.05, 3.63) is 24.3 Å². The van der Waals surface area contributed by atoms with Crippen LogP contribution in [0.15, 0.2) is 29.2 Å². The van der Waals surface area contributed by atoms with Gasteiger partial charge in [0.25, 0.3) is 0 Å². The van der Waals surface area contributed by atoms with Gasteiger partial charge < -0.3 is 15.0 Å². The van der Waals surface area contributed by atoms with Crippen molar-refractivity contribution in [2.24, 2.45) is 0 Å². The average Bonchev–Trinajstić information content (AvgIpc) is 2.55. The van der Waals surface area contributed by atoms with Crippen molar-refractivity contribution in [1.29, 1.82) is 0 Å². The van der Waals surface area contributed by atoms with Gasteiger partial charge in [-0.15, -0.1) is 11.8 Å². The van der Waals surface area contributed by atoms with Crippen molar-refractivity contribution in [1.82, 2.24) is 10.2 Å². The smallest absolute Gasteiger partial charge is 0.173 e. The highest BCUT2D eigenvalue weighted by Crippen LogP contribution is 2.34. The molecule has 0 unspecified atom stereocenters. The van der Waals surface area contributed by atoms with Gasteiger partial charge in [0.15, 0.2) is 5.11 Å². The van der Waals surface area contributed by atoms with Crippen LogP contribution in [0.25, 0.3) is 0 Å². The molecule has 0 aliphatic carbocycles. The molecular formula is C15H21N3OS2. The number of rotatable bonds is 3. The van der Waals surface area contributed by atoms with Gasteiger partial charge in [-0.25, -0.2) is 0 Å². The molecule has 1 N–H and O–H groups in total. The Kier molecular flexibility index (Phi) is 5.35. The van der Waals surface area contributed by atoms with E-state index in [0.717, 1.165) is 56.8 Å². The van der Waals surface area contributed by atoms with E-state index in [9.17, 15) is 0 Å². The van der Waals surface area contributed by atoms with E-state index in [1.807, 2.05) is 11.8 Å². The van der Waals surface area contributed by atoms with E-state index in [2.05, 4.69) is 39.4 Å². The fraction of sp³-hybridized carbons (Fsp3) is 0.533. The summed E-state index contributed by atoms with van der Waals surface area (Å²) in [5.41, 5.74) is 1.23. The van der Waals surface area contributed by atoms with Gasteiger partial charge in [-0.3, -0.25) is 4.90 Å². The zero-order valence-corrected chi connectivity index (χ0v) is 13.7. The summed E-state index contributed by atoms with van der Waals surface area (Å²) < 4.78 is 5.36. The van der Waals surface area contributed by atoms with Crippen LogP contribution in [-0.4, -0.2) is 61.7 Å². The van der Waals surface area contributed by atoms with Crippen LogP contribution in [0.5, 0.6) is 0 Å². The number of hydrogen-bond acceptors (Lipinski definition) is 4. The number of thioether (sulfide) groups is 1. The molecule has 1 saturated heterocycles. The van der Waals surface area contributed by atoms with E-state index < -0.39 is 0 Å². The molecule has 2 aliphatic heterocycles. The standard InChI is InChI=1S/C15H21N3OS2/c20-15(16-5-6-17-7-10-19-11-8-17)18-9-12-21-14-4-2-1-3-13(14)18/h1-4H,5-12H2,(H,16,20). The lowest BCUT2D eigenvalue weighted by Gasteiger charge is -2.32. The Morgan fingerprint density at radius 1 is 1.24 bits per heavy atom. The van der Waals surface area contributed by atoms with E-state index in [1.54, 1.807) is 0 Å². The minimum absolute atomic E-state index is 0.844. The zero-order valence-electron chi connectivity index (χ0n) is 12.1. The van der Waals surface area contributed by atoms with Crippen LogP contribution in [-0.2, 0) is 4.74 Å². The molecule has 3 rings (SSSR count). The lowest BCUT2D eigenvalue weighted by Crippen LogP contribution is -2.46. The third kappa shape index (κ3) is 3.88. The topological polar surface area (TPSA) is 27.7 Å². The molecule has 4 nitrogen and oxygen atoms in total. The Morgan fingerprint density at radius 3 is 2.90 bits per heavy atom. The summed E-state index contributed by atoms with van der Waals surface area (Å²) in [5.74, 6) is 1.09. The number of ether oxygens (including phenoxy) is 1. The summed E-state index contributed by atoms with van der Waals surface area (Å²) in [6.45, 7) is 6.64. The van der Waals surface area contributed by atoms with Crippen LogP contribution in [0.1, 0.15) is 0 Å². The van der Waals surface area contributed by atoms with Gasteiger partial charge in [0.05, 0.1) is 18.9 Å². The molecule has 0 aromatic heterocycles. The molecule has 6 heteroatoms. The number of thiocarbonyl (C=S) groups is 1. The second-order valence-electron chi connectivity index (χ2n) is 5.15. The molecule has 0 saturated carbocycles.